The summed E-state index contributed by atoms with van der Waals surface area (Å²) in [7, 11) is 0. The van der Waals surface area contributed by atoms with E-state index in [2.05, 4.69) is 16.3 Å². The summed E-state index contributed by atoms with van der Waals surface area (Å²) in [5.41, 5.74) is 2.97. The predicted molar refractivity (Wildman–Crippen MR) is 113 cm³/mol. The van der Waals surface area contributed by atoms with E-state index < -0.39 is 6.10 Å². The molecule has 1 unspecified atom stereocenters. The molecule has 2 aromatic carbocycles. The van der Waals surface area contributed by atoms with E-state index in [9.17, 15) is 9.59 Å². The SMILES string of the molecule is CC(=O)N1CC(C(=O)NCc2ccccc2CN2CCOCC2)Oc2ccccc21. The fourth-order valence-electron chi connectivity index (χ4n) is 3.85. The summed E-state index contributed by atoms with van der Waals surface area (Å²) in [6.07, 6.45) is -0.741. The van der Waals surface area contributed by atoms with Gasteiger partial charge in [-0.3, -0.25) is 14.5 Å². The number of carbonyl (C=O) groups is 2. The van der Waals surface area contributed by atoms with Crippen LogP contribution in [0, 0.1) is 0 Å². The van der Waals surface area contributed by atoms with Crippen molar-refractivity contribution in [1.82, 2.24) is 10.2 Å². The minimum atomic E-state index is -0.741. The van der Waals surface area contributed by atoms with Gasteiger partial charge in [-0.1, -0.05) is 36.4 Å². The first-order valence-corrected chi connectivity index (χ1v) is 10.3. The van der Waals surface area contributed by atoms with Crippen LogP contribution in [-0.4, -0.2) is 55.7 Å². The van der Waals surface area contributed by atoms with Gasteiger partial charge in [0.2, 0.25) is 5.91 Å². The van der Waals surface area contributed by atoms with E-state index in [1.807, 2.05) is 36.4 Å². The fourth-order valence-corrected chi connectivity index (χ4v) is 3.85. The highest BCUT2D eigenvalue weighted by molar-refractivity contribution is 5.95. The number of morpholine rings is 1. The standard InChI is InChI=1S/C23H27N3O4/c1-17(27)26-16-22(30-21-9-5-4-8-20(21)26)23(28)24-14-18-6-2-3-7-19(18)15-25-10-12-29-13-11-25/h2-9,22H,10-16H2,1H3,(H,24,28). The number of nitrogens with zero attached hydrogens (tertiary/aromatic N) is 2. The first kappa shape index (κ1) is 20.4. The Morgan fingerprint density at radius 1 is 1.03 bits per heavy atom. The molecular weight excluding hydrogens is 382 g/mol. The second-order valence-corrected chi connectivity index (χ2v) is 7.58. The normalized spacial score (nSPS) is 19.0. The van der Waals surface area contributed by atoms with Crippen molar-refractivity contribution in [3.63, 3.8) is 0 Å². The fraction of sp³-hybridized carbons (Fsp3) is 0.391. The summed E-state index contributed by atoms with van der Waals surface area (Å²) in [5, 5.41) is 2.99. The summed E-state index contributed by atoms with van der Waals surface area (Å²) in [6.45, 7) is 6.29. The highest BCUT2D eigenvalue weighted by atomic mass is 16.5. The zero-order valence-corrected chi connectivity index (χ0v) is 17.2. The lowest BCUT2D eigenvalue weighted by Crippen LogP contribution is -2.50. The van der Waals surface area contributed by atoms with Gasteiger partial charge in [0.15, 0.2) is 6.10 Å². The molecule has 0 radical (unpaired) electrons. The molecule has 0 aliphatic carbocycles. The lowest BCUT2D eigenvalue weighted by molar-refractivity contribution is -0.128. The summed E-state index contributed by atoms with van der Waals surface area (Å²) in [6, 6.07) is 15.4. The molecule has 7 heteroatoms. The molecule has 2 amide bonds. The molecular formula is C23H27N3O4. The Hall–Kier alpha value is -2.90. The predicted octanol–water partition coefficient (Wildman–Crippen LogP) is 1.95. The molecule has 2 aliphatic rings. The molecule has 7 nitrogen and oxygen atoms in total. The van der Waals surface area contributed by atoms with Crippen LogP contribution >= 0.6 is 0 Å². The van der Waals surface area contributed by atoms with Crippen LogP contribution < -0.4 is 15.0 Å². The number of anilines is 1. The number of fused-ring (bicyclic) bond motifs is 1. The van der Waals surface area contributed by atoms with Crippen molar-refractivity contribution in [3.05, 3.63) is 59.7 Å². The average molecular weight is 409 g/mol. The number of benzene rings is 2. The number of nitrogens with one attached hydrogen (secondary N) is 1. The molecule has 30 heavy (non-hydrogen) atoms. The maximum Gasteiger partial charge on any atom is 0.263 e. The van der Waals surface area contributed by atoms with Crippen molar-refractivity contribution in [1.29, 1.82) is 0 Å². The van der Waals surface area contributed by atoms with Crippen LogP contribution in [0.2, 0.25) is 0 Å². The van der Waals surface area contributed by atoms with Gasteiger partial charge < -0.3 is 19.7 Å². The Kier molecular flexibility index (Phi) is 6.30. The molecule has 2 aromatic rings. The van der Waals surface area contributed by atoms with Crippen LogP contribution in [0.1, 0.15) is 18.1 Å². The van der Waals surface area contributed by atoms with Gasteiger partial charge in [-0.2, -0.15) is 0 Å². The van der Waals surface area contributed by atoms with E-state index in [-0.39, 0.29) is 18.4 Å². The van der Waals surface area contributed by atoms with E-state index >= 15 is 0 Å². The van der Waals surface area contributed by atoms with Crippen molar-refractivity contribution in [3.8, 4) is 5.75 Å². The summed E-state index contributed by atoms with van der Waals surface area (Å²) < 4.78 is 11.3. The third kappa shape index (κ3) is 4.63. The van der Waals surface area contributed by atoms with Crippen LogP contribution in [-0.2, 0) is 27.4 Å². The van der Waals surface area contributed by atoms with Gasteiger partial charge in [-0.15, -0.1) is 0 Å². The first-order chi connectivity index (χ1) is 14.6. The molecule has 0 spiro atoms. The Morgan fingerprint density at radius 3 is 2.50 bits per heavy atom. The largest absolute Gasteiger partial charge is 0.477 e. The smallest absolute Gasteiger partial charge is 0.263 e. The van der Waals surface area contributed by atoms with Gasteiger partial charge in [-0.25, -0.2) is 0 Å². The molecule has 1 fully saturated rings. The van der Waals surface area contributed by atoms with Crippen LogP contribution in [0.3, 0.4) is 0 Å². The molecule has 2 heterocycles. The highest BCUT2D eigenvalue weighted by Gasteiger charge is 2.32. The van der Waals surface area contributed by atoms with Gasteiger partial charge in [0.1, 0.15) is 5.75 Å². The maximum atomic E-state index is 12.8. The number of rotatable bonds is 5. The van der Waals surface area contributed by atoms with E-state index in [4.69, 9.17) is 9.47 Å². The van der Waals surface area contributed by atoms with E-state index in [1.165, 1.54) is 12.5 Å². The van der Waals surface area contributed by atoms with Crippen molar-refractivity contribution in [2.45, 2.75) is 26.1 Å². The van der Waals surface area contributed by atoms with Crippen molar-refractivity contribution in [2.75, 3.05) is 37.7 Å². The highest BCUT2D eigenvalue weighted by Crippen LogP contribution is 2.33. The lowest BCUT2D eigenvalue weighted by Gasteiger charge is -2.33. The van der Waals surface area contributed by atoms with Gasteiger partial charge >= 0.3 is 0 Å². The second-order valence-electron chi connectivity index (χ2n) is 7.58. The number of ether oxygens (including phenoxy) is 2. The minimum Gasteiger partial charge on any atom is -0.477 e. The number of hydrogen-bond donors (Lipinski definition) is 1. The summed E-state index contributed by atoms with van der Waals surface area (Å²) >= 11 is 0. The van der Waals surface area contributed by atoms with E-state index in [0.29, 0.717) is 18.0 Å². The summed E-state index contributed by atoms with van der Waals surface area (Å²) in [5.74, 6) is 0.211. The van der Waals surface area contributed by atoms with Crippen LogP contribution in [0.5, 0.6) is 5.75 Å². The van der Waals surface area contributed by atoms with E-state index in [0.717, 1.165) is 38.4 Å². The quantitative estimate of drug-likeness (QED) is 0.817. The van der Waals surface area contributed by atoms with Crippen molar-refractivity contribution < 1.29 is 19.1 Å². The maximum absolute atomic E-state index is 12.8. The zero-order valence-electron chi connectivity index (χ0n) is 17.2. The molecule has 2 aliphatic heterocycles. The van der Waals surface area contributed by atoms with Gasteiger partial charge in [0.25, 0.3) is 5.91 Å². The van der Waals surface area contributed by atoms with Crippen molar-refractivity contribution in [2.24, 2.45) is 0 Å². The molecule has 1 atom stereocenters. The van der Waals surface area contributed by atoms with E-state index in [1.54, 1.807) is 11.0 Å². The Balaban J connectivity index is 1.41. The zero-order chi connectivity index (χ0) is 20.9. The van der Waals surface area contributed by atoms with Gasteiger partial charge in [0, 0.05) is 33.1 Å². The first-order valence-electron chi connectivity index (χ1n) is 10.3. The summed E-state index contributed by atoms with van der Waals surface area (Å²) in [4.78, 5) is 28.9. The third-order valence-corrected chi connectivity index (χ3v) is 5.52. The topological polar surface area (TPSA) is 71.1 Å². The van der Waals surface area contributed by atoms with Crippen LogP contribution in [0.25, 0.3) is 0 Å². The Morgan fingerprint density at radius 2 is 1.73 bits per heavy atom. The molecule has 0 aromatic heterocycles. The number of carbonyl (C=O) groups excluding carboxylic acids is 2. The minimum absolute atomic E-state index is 0.112. The molecule has 0 bridgehead atoms. The van der Waals surface area contributed by atoms with Crippen LogP contribution in [0.15, 0.2) is 48.5 Å². The van der Waals surface area contributed by atoms with Crippen molar-refractivity contribution >= 4 is 17.5 Å². The Bertz CT molecular complexity index is 911. The monoisotopic (exact) mass is 409 g/mol. The lowest BCUT2D eigenvalue weighted by atomic mass is 10.1. The second kappa shape index (κ2) is 9.28. The molecule has 158 valence electrons. The van der Waals surface area contributed by atoms with Gasteiger partial charge in [-0.05, 0) is 23.3 Å². The molecule has 0 saturated carbocycles. The number of hydrogen-bond acceptors (Lipinski definition) is 5. The third-order valence-electron chi connectivity index (χ3n) is 5.52. The Labute approximate surface area is 176 Å². The van der Waals surface area contributed by atoms with Crippen LogP contribution in [0.4, 0.5) is 5.69 Å². The molecule has 4 rings (SSSR count). The average Bonchev–Trinajstić information content (AvgIpc) is 2.78. The molecule has 1 saturated heterocycles. The number of para-hydroxylation sites is 2. The van der Waals surface area contributed by atoms with Gasteiger partial charge in [0.05, 0.1) is 25.4 Å². The molecule has 1 N–H and O–H groups in total. The number of amides is 2.